The van der Waals surface area contributed by atoms with E-state index < -0.39 is 0 Å². The molecule has 1 unspecified atom stereocenters. The summed E-state index contributed by atoms with van der Waals surface area (Å²) in [6, 6.07) is 5.69. The van der Waals surface area contributed by atoms with Crippen LogP contribution in [0.3, 0.4) is 0 Å². The van der Waals surface area contributed by atoms with Gasteiger partial charge in [-0.25, -0.2) is 0 Å². The molecule has 2 atom stereocenters. The fourth-order valence-electron chi connectivity index (χ4n) is 4.62. The summed E-state index contributed by atoms with van der Waals surface area (Å²) in [5.41, 5.74) is 2.27. The van der Waals surface area contributed by atoms with Gasteiger partial charge in [0.1, 0.15) is 5.75 Å². The second kappa shape index (κ2) is 7.36. The molecule has 4 rings (SSSR count). The van der Waals surface area contributed by atoms with Gasteiger partial charge in [-0.2, -0.15) is 0 Å². The first-order valence-corrected chi connectivity index (χ1v) is 10.0. The van der Waals surface area contributed by atoms with E-state index >= 15 is 0 Å². The van der Waals surface area contributed by atoms with Crippen LogP contribution in [0, 0.1) is 11.8 Å². The van der Waals surface area contributed by atoms with E-state index in [1.54, 1.807) is 12.1 Å². The Morgan fingerprint density at radius 2 is 1.96 bits per heavy atom. The maximum atomic E-state index is 12.8. The van der Waals surface area contributed by atoms with E-state index in [4.69, 9.17) is 0 Å². The molecule has 1 heterocycles. The number of fused-ring (bicyclic) bond motifs is 1. The molecule has 3 aliphatic rings. The second-order valence-corrected chi connectivity index (χ2v) is 8.28. The molecular formula is C21H30N2O2. The van der Waals surface area contributed by atoms with Gasteiger partial charge in [0.2, 0.25) is 5.91 Å². The van der Waals surface area contributed by atoms with Gasteiger partial charge < -0.3 is 15.7 Å². The van der Waals surface area contributed by atoms with Crippen molar-refractivity contribution in [2.24, 2.45) is 11.8 Å². The average Bonchev–Trinajstić information content (AvgIpc) is 3.46. The normalized spacial score (nSPS) is 25.2. The van der Waals surface area contributed by atoms with Crippen LogP contribution in [0.1, 0.15) is 62.5 Å². The lowest BCUT2D eigenvalue weighted by Gasteiger charge is -2.30. The summed E-state index contributed by atoms with van der Waals surface area (Å²) in [5, 5.41) is 16.3. The Balaban J connectivity index is 1.36. The largest absolute Gasteiger partial charge is 0.508 e. The highest BCUT2D eigenvalue weighted by atomic mass is 16.3. The topological polar surface area (TPSA) is 61.4 Å². The van der Waals surface area contributed by atoms with Gasteiger partial charge in [-0.05, 0) is 60.8 Å². The maximum Gasteiger partial charge on any atom is 0.237 e. The van der Waals surface area contributed by atoms with Crippen LogP contribution in [0.4, 0.5) is 0 Å². The molecule has 0 bridgehead atoms. The molecule has 2 saturated carbocycles. The molecule has 1 aliphatic heterocycles. The van der Waals surface area contributed by atoms with Crippen LogP contribution in [0.15, 0.2) is 18.2 Å². The molecule has 0 radical (unpaired) electrons. The van der Waals surface area contributed by atoms with Gasteiger partial charge in [-0.15, -0.1) is 0 Å². The molecule has 0 aromatic heterocycles. The zero-order valence-corrected chi connectivity index (χ0v) is 15.0. The first kappa shape index (κ1) is 16.9. The summed E-state index contributed by atoms with van der Waals surface area (Å²) in [6.45, 7) is 0.651. The minimum Gasteiger partial charge on any atom is -0.508 e. The Hall–Kier alpha value is -1.55. The van der Waals surface area contributed by atoms with Gasteiger partial charge in [0, 0.05) is 12.6 Å². The highest BCUT2D eigenvalue weighted by molar-refractivity contribution is 5.82. The molecule has 25 heavy (non-hydrogen) atoms. The van der Waals surface area contributed by atoms with Gasteiger partial charge in [0.15, 0.2) is 0 Å². The maximum absolute atomic E-state index is 12.8. The Morgan fingerprint density at radius 3 is 2.72 bits per heavy atom. The molecule has 0 spiro atoms. The van der Waals surface area contributed by atoms with Crippen molar-refractivity contribution in [3.05, 3.63) is 29.3 Å². The number of amides is 1. The number of hydrogen-bond acceptors (Lipinski definition) is 3. The van der Waals surface area contributed by atoms with Crippen LogP contribution in [0.25, 0.3) is 0 Å². The Kier molecular flexibility index (Phi) is 4.98. The Morgan fingerprint density at radius 1 is 1.16 bits per heavy atom. The molecule has 136 valence electrons. The molecule has 2 aliphatic carbocycles. The minimum absolute atomic E-state index is 0.148. The smallest absolute Gasteiger partial charge is 0.237 e. The number of carbonyl (C=O) groups is 1. The molecule has 1 amide bonds. The monoisotopic (exact) mass is 342 g/mol. The van der Waals surface area contributed by atoms with Gasteiger partial charge in [0.05, 0.1) is 6.04 Å². The third kappa shape index (κ3) is 4.17. The predicted octanol–water partition coefficient (Wildman–Crippen LogP) is 3.27. The summed E-state index contributed by atoms with van der Waals surface area (Å²) in [6.07, 6.45) is 11.2. The number of phenolic OH excluding ortho intramolecular Hbond substituents is 1. The SMILES string of the molecule is O=C(NC(CC1CCCCC1)C1CC1)[C@H]1Cc2ccc(O)cc2CN1. The third-order valence-corrected chi connectivity index (χ3v) is 6.30. The average molecular weight is 342 g/mol. The molecule has 4 nitrogen and oxygen atoms in total. The van der Waals surface area contributed by atoms with Crippen molar-refractivity contribution < 1.29 is 9.90 Å². The van der Waals surface area contributed by atoms with Crippen molar-refractivity contribution in [3.63, 3.8) is 0 Å². The van der Waals surface area contributed by atoms with Crippen LogP contribution >= 0.6 is 0 Å². The predicted molar refractivity (Wildman–Crippen MR) is 98.3 cm³/mol. The molecule has 3 N–H and O–H groups in total. The summed E-state index contributed by atoms with van der Waals surface area (Å²) >= 11 is 0. The first-order valence-electron chi connectivity index (χ1n) is 10.0. The van der Waals surface area contributed by atoms with Crippen LogP contribution in [-0.4, -0.2) is 23.1 Å². The Bertz CT molecular complexity index is 620. The molecule has 2 fully saturated rings. The van der Waals surface area contributed by atoms with Crippen molar-refractivity contribution in [3.8, 4) is 5.75 Å². The van der Waals surface area contributed by atoms with E-state index in [0.717, 1.165) is 11.5 Å². The van der Waals surface area contributed by atoms with Crippen LogP contribution in [-0.2, 0) is 17.8 Å². The quantitative estimate of drug-likeness (QED) is 0.770. The van der Waals surface area contributed by atoms with E-state index in [0.29, 0.717) is 30.7 Å². The highest BCUT2D eigenvalue weighted by Gasteiger charge is 2.35. The lowest BCUT2D eigenvalue weighted by molar-refractivity contribution is -0.124. The fourth-order valence-corrected chi connectivity index (χ4v) is 4.62. The van der Waals surface area contributed by atoms with E-state index in [2.05, 4.69) is 10.6 Å². The number of hydrogen-bond donors (Lipinski definition) is 3. The zero-order chi connectivity index (χ0) is 17.2. The standard InChI is InChI=1S/C21H30N2O2/c24-18-9-8-16-12-20(22-13-17(16)11-18)21(25)23-19(15-6-7-15)10-14-4-2-1-3-5-14/h8-9,11,14-15,19-20,22,24H,1-7,10,12-13H2,(H,23,25)/t19?,20-/m1/s1. The van der Waals surface area contributed by atoms with Crippen molar-refractivity contribution in [2.45, 2.75) is 76.4 Å². The lowest BCUT2D eigenvalue weighted by atomic mass is 9.83. The number of nitrogens with one attached hydrogen (secondary N) is 2. The van der Waals surface area contributed by atoms with Gasteiger partial charge >= 0.3 is 0 Å². The van der Waals surface area contributed by atoms with Crippen LogP contribution < -0.4 is 10.6 Å². The number of benzene rings is 1. The number of rotatable bonds is 5. The van der Waals surface area contributed by atoms with Crippen molar-refractivity contribution in [1.82, 2.24) is 10.6 Å². The highest BCUT2D eigenvalue weighted by Crippen LogP contribution is 2.38. The van der Waals surface area contributed by atoms with Crippen molar-refractivity contribution >= 4 is 5.91 Å². The van der Waals surface area contributed by atoms with Gasteiger partial charge in [0.25, 0.3) is 0 Å². The molecule has 0 saturated heterocycles. The lowest BCUT2D eigenvalue weighted by Crippen LogP contribution is -2.51. The van der Waals surface area contributed by atoms with Crippen molar-refractivity contribution in [2.75, 3.05) is 0 Å². The fraction of sp³-hybridized carbons (Fsp3) is 0.667. The van der Waals surface area contributed by atoms with Crippen LogP contribution in [0.5, 0.6) is 5.75 Å². The van der Waals surface area contributed by atoms with Crippen LogP contribution in [0.2, 0.25) is 0 Å². The van der Waals surface area contributed by atoms with E-state index in [1.807, 2.05) is 6.07 Å². The number of aromatic hydroxyl groups is 1. The van der Waals surface area contributed by atoms with E-state index in [-0.39, 0.29) is 11.9 Å². The minimum atomic E-state index is -0.148. The molecule has 1 aromatic rings. The Labute approximate surface area is 150 Å². The van der Waals surface area contributed by atoms with E-state index in [1.165, 1.54) is 56.9 Å². The third-order valence-electron chi connectivity index (χ3n) is 6.30. The second-order valence-electron chi connectivity index (χ2n) is 8.28. The number of carbonyl (C=O) groups excluding carboxylic acids is 1. The summed E-state index contributed by atoms with van der Waals surface area (Å²) in [7, 11) is 0. The zero-order valence-electron chi connectivity index (χ0n) is 15.0. The van der Waals surface area contributed by atoms with E-state index in [9.17, 15) is 9.90 Å². The molecular weight excluding hydrogens is 312 g/mol. The first-order chi connectivity index (χ1) is 12.2. The summed E-state index contributed by atoms with van der Waals surface area (Å²) in [4.78, 5) is 12.8. The van der Waals surface area contributed by atoms with Gasteiger partial charge in [-0.3, -0.25) is 4.79 Å². The summed E-state index contributed by atoms with van der Waals surface area (Å²) < 4.78 is 0. The molecule has 1 aromatic carbocycles. The van der Waals surface area contributed by atoms with Gasteiger partial charge in [-0.1, -0.05) is 38.2 Å². The molecule has 4 heteroatoms. The van der Waals surface area contributed by atoms with Crippen molar-refractivity contribution in [1.29, 1.82) is 0 Å². The summed E-state index contributed by atoms with van der Waals surface area (Å²) in [5.74, 6) is 1.97. The number of phenols is 1.